The van der Waals surface area contributed by atoms with Gasteiger partial charge in [0.25, 0.3) is 8.32 Å². The van der Waals surface area contributed by atoms with Crippen molar-refractivity contribution < 1.29 is 38.0 Å². The Morgan fingerprint density at radius 3 is 1.97 bits per heavy atom. The molecular formula is C49H78O8Si2. The Balaban J connectivity index is 1.26. The minimum Gasteiger partial charge on any atom is -0.417 e. The fourth-order valence-corrected chi connectivity index (χ4v) is 16.1. The van der Waals surface area contributed by atoms with Gasteiger partial charge in [0.15, 0.2) is 8.32 Å². The Morgan fingerprint density at radius 2 is 1.37 bits per heavy atom. The molecule has 59 heavy (non-hydrogen) atoms. The monoisotopic (exact) mass is 851 g/mol. The molecule has 0 unspecified atom stereocenters. The van der Waals surface area contributed by atoms with E-state index in [0.29, 0.717) is 38.7 Å². The van der Waals surface area contributed by atoms with E-state index < -0.39 is 28.3 Å². The maximum atomic E-state index is 11.4. The Hall–Kier alpha value is -1.71. The van der Waals surface area contributed by atoms with Gasteiger partial charge in [0, 0.05) is 19.6 Å². The van der Waals surface area contributed by atoms with Crippen molar-refractivity contribution in [2.75, 3.05) is 13.2 Å². The number of aliphatic hydroxyl groups excluding tert-OH is 2. The van der Waals surface area contributed by atoms with Crippen LogP contribution in [0.25, 0.3) is 0 Å². The number of hydrogen-bond donors (Lipinski definition) is 2. The molecular weight excluding hydrogens is 773 g/mol. The van der Waals surface area contributed by atoms with Crippen LogP contribution in [-0.2, 0) is 27.8 Å². The summed E-state index contributed by atoms with van der Waals surface area (Å²) in [4.78, 5) is 0. The first-order valence-corrected chi connectivity index (χ1v) is 27.6. The number of hydrogen-bond acceptors (Lipinski definition) is 8. The van der Waals surface area contributed by atoms with Gasteiger partial charge in [-0.15, -0.1) is 0 Å². The van der Waals surface area contributed by atoms with Gasteiger partial charge < -0.3 is 38.0 Å². The second-order valence-electron chi connectivity index (χ2n) is 21.2. The lowest BCUT2D eigenvalue weighted by atomic mass is 9.77. The van der Waals surface area contributed by atoms with E-state index in [0.717, 1.165) is 19.3 Å². The largest absolute Gasteiger partial charge is 0.417 e. The summed E-state index contributed by atoms with van der Waals surface area (Å²) in [6.07, 6.45) is 7.24. The quantitative estimate of drug-likeness (QED) is 0.181. The number of fused-ring (bicyclic) bond motifs is 3. The summed E-state index contributed by atoms with van der Waals surface area (Å²) in [6, 6.07) is 21.6. The van der Waals surface area contributed by atoms with E-state index >= 15 is 0 Å². The van der Waals surface area contributed by atoms with Crippen LogP contribution >= 0.6 is 0 Å². The van der Waals surface area contributed by atoms with Gasteiger partial charge in [0.05, 0.1) is 60.5 Å². The van der Waals surface area contributed by atoms with Crippen molar-refractivity contribution >= 4 is 27.0 Å². The van der Waals surface area contributed by atoms with Crippen molar-refractivity contribution in [2.45, 2.75) is 197 Å². The molecule has 10 heteroatoms. The highest BCUT2D eigenvalue weighted by Crippen LogP contribution is 2.47. The lowest BCUT2D eigenvalue weighted by Crippen LogP contribution is -2.69. The first-order valence-electron chi connectivity index (χ1n) is 22.8. The normalized spacial score (nSPS) is 35.6. The highest BCUT2D eigenvalue weighted by atomic mass is 28.4. The molecule has 0 bridgehead atoms. The fraction of sp³-hybridized carbons (Fsp3) is 0.714. The molecule has 4 aliphatic heterocycles. The Labute approximate surface area is 359 Å². The second kappa shape index (κ2) is 19.0. The Morgan fingerprint density at radius 1 is 0.746 bits per heavy atom. The van der Waals surface area contributed by atoms with Crippen molar-refractivity contribution in [1.29, 1.82) is 0 Å². The van der Waals surface area contributed by atoms with Crippen LogP contribution in [0.1, 0.15) is 114 Å². The van der Waals surface area contributed by atoms with Crippen LogP contribution in [0.2, 0.25) is 23.2 Å². The van der Waals surface area contributed by atoms with Crippen LogP contribution in [0.4, 0.5) is 0 Å². The van der Waals surface area contributed by atoms with Crippen LogP contribution in [0.5, 0.6) is 0 Å². The van der Waals surface area contributed by atoms with Gasteiger partial charge in [-0.2, -0.15) is 0 Å². The minimum atomic E-state index is -2.91. The summed E-state index contributed by atoms with van der Waals surface area (Å²) < 4.78 is 43.1. The molecule has 3 saturated heterocycles. The molecule has 0 aromatic heterocycles. The topological polar surface area (TPSA) is 95.8 Å². The average molecular weight is 851 g/mol. The molecule has 4 heterocycles. The number of rotatable bonds is 10. The SMILES string of the molecule is C[C@@H]1C[C@H](O[Si](c2ccccc2)(c2ccccc2)C(C)(C)C)[C@@H](CCO)O[C@H]2C[C@H]3O[C@H]4C/C=C\C[C@@H](O)[C@H](CCO[Si](C)(C)C(C)(C)C)O[C@@H]4[C@@H](C)C[C@@H]3O[C@]2(C)C1. The predicted octanol–water partition coefficient (Wildman–Crippen LogP) is 8.72. The van der Waals surface area contributed by atoms with Gasteiger partial charge in [-0.3, -0.25) is 0 Å². The summed E-state index contributed by atoms with van der Waals surface area (Å²) >= 11 is 0. The van der Waals surface area contributed by atoms with Crippen molar-refractivity contribution in [3.8, 4) is 0 Å². The Kier molecular flexibility index (Phi) is 15.0. The zero-order chi connectivity index (χ0) is 42.8. The lowest BCUT2D eigenvalue weighted by molar-refractivity contribution is -0.272. The highest BCUT2D eigenvalue weighted by Gasteiger charge is 2.56. The summed E-state index contributed by atoms with van der Waals surface area (Å²) in [7, 11) is -4.86. The van der Waals surface area contributed by atoms with E-state index in [9.17, 15) is 10.2 Å². The number of ether oxygens (including phenoxy) is 4. The molecule has 0 saturated carbocycles. The fourth-order valence-electron chi connectivity index (χ4n) is 10.3. The van der Waals surface area contributed by atoms with Gasteiger partial charge in [0.1, 0.15) is 0 Å². The summed E-state index contributed by atoms with van der Waals surface area (Å²) in [6.45, 7) is 25.7. The molecule has 0 amide bonds. The van der Waals surface area contributed by atoms with Crippen molar-refractivity contribution in [2.24, 2.45) is 11.8 Å². The van der Waals surface area contributed by atoms with Crippen molar-refractivity contribution in [3.05, 3.63) is 72.8 Å². The first kappa shape index (κ1) is 46.8. The van der Waals surface area contributed by atoms with Gasteiger partial charge in [-0.05, 0) is 97.2 Å². The molecule has 2 aromatic carbocycles. The van der Waals surface area contributed by atoms with Crippen LogP contribution in [-0.4, -0.2) is 101 Å². The van der Waals surface area contributed by atoms with E-state index in [1.807, 2.05) is 0 Å². The number of aliphatic hydroxyl groups is 2. The molecule has 0 spiro atoms. The van der Waals surface area contributed by atoms with Gasteiger partial charge in [-0.1, -0.05) is 128 Å². The van der Waals surface area contributed by atoms with Crippen LogP contribution in [0, 0.1) is 11.8 Å². The second-order valence-corrected chi connectivity index (χ2v) is 30.3. The molecule has 6 rings (SSSR count). The van der Waals surface area contributed by atoms with E-state index in [1.165, 1.54) is 10.4 Å². The molecule has 0 radical (unpaired) electrons. The zero-order valence-corrected chi connectivity index (χ0v) is 40.2. The van der Waals surface area contributed by atoms with Crippen LogP contribution in [0.15, 0.2) is 72.8 Å². The zero-order valence-electron chi connectivity index (χ0n) is 38.2. The third-order valence-electron chi connectivity index (χ3n) is 14.5. The lowest BCUT2D eigenvalue weighted by Gasteiger charge is -2.53. The van der Waals surface area contributed by atoms with E-state index in [-0.39, 0.29) is 77.4 Å². The van der Waals surface area contributed by atoms with Crippen LogP contribution < -0.4 is 10.4 Å². The first-order chi connectivity index (χ1) is 27.8. The molecule has 8 nitrogen and oxygen atoms in total. The van der Waals surface area contributed by atoms with Crippen LogP contribution in [0.3, 0.4) is 0 Å². The van der Waals surface area contributed by atoms with E-state index in [2.05, 4.69) is 148 Å². The van der Waals surface area contributed by atoms with Crippen molar-refractivity contribution in [3.63, 3.8) is 0 Å². The minimum absolute atomic E-state index is 0.00535. The predicted molar refractivity (Wildman–Crippen MR) is 242 cm³/mol. The highest BCUT2D eigenvalue weighted by molar-refractivity contribution is 6.99. The molecule has 12 atom stereocenters. The summed E-state index contributed by atoms with van der Waals surface area (Å²) in [5.41, 5.74) is -0.541. The summed E-state index contributed by atoms with van der Waals surface area (Å²) in [5.74, 6) is 0.426. The van der Waals surface area contributed by atoms with Gasteiger partial charge >= 0.3 is 0 Å². The van der Waals surface area contributed by atoms with Gasteiger partial charge in [0.2, 0.25) is 0 Å². The van der Waals surface area contributed by atoms with Gasteiger partial charge in [-0.25, -0.2) is 0 Å². The third-order valence-corrected chi connectivity index (χ3v) is 24.1. The number of benzene rings is 2. The maximum Gasteiger partial charge on any atom is 0.261 e. The molecule has 3 fully saturated rings. The molecule has 330 valence electrons. The van der Waals surface area contributed by atoms with E-state index in [1.54, 1.807) is 0 Å². The molecule has 2 aromatic rings. The smallest absolute Gasteiger partial charge is 0.261 e. The van der Waals surface area contributed by atoms with Crippen molar-refractivity contribution in [1.82, 2.24) is 0 Å². The van der Waals surface area contributed by atoms with E-state index in [4.69, 9.17) is 27.8 Å². The third kappa shape index (κ3) is 10.4. The standard InChI is InChI=1S/C49H78O8Si2/c1-34-30-44(57-59(48(6,7)8,36-20-14-12-15-21-36)37-22-16-13-17-23-37)40(26-28-50)54-45-32-42-43(56-49(45,9)33-34)31-35(2)46-41(53-42)25-19-18-24-38(51)39(55-46)27-29-52-58(10,11)47(3,4)5/h12-23,34-35,38-46,50-51H,24-33H2,1-11H3/b19-18-/t34-,35+,38-,39+,40-,41+,42-,43+,44+,45+,46-,49-/m1/s1. The molecule has 4 aliphatic rings. The summed E-state index contributed by atoms with van der Waals surface area (Å²) in [5, 5.41) is 24.4. The maximum absolute atomic E-state index is 11.4. The average Bonchev–Trinajstić information content (AvgIpc) is 3.22. The molecule has 0 aliphatic carbocycles. The molecule has 2 N–H and O–H groups in total. The Bertz CT molecular complexity index is 1600.